The number of nitrogens with zero attached hydrogens (tertiary/aromatic N) is 2. The second-order valence-corrected chi connectivity index (χ2v) is 6.43. The molecule has 0 radical (unpaired) electrons. The smallest absolute Gasteiger partial charge is 0.259 e. The zero-order valence-electron chi connectivity index (χ0n) is 14.4. The van der Waals surface area contributed by atoms with Crippen LogP contribution in [0, 0.1) is 0 Å². The number of benzene rings is 3. The predicted octanol–water partition coefficient (Wildman–Crippen LogP) is 4.81. The molecule has 1 N–H and O–H groups in total. The molecule has 3 aromatic carbocycles. The average Bonchev–Trinajstić information content (AvgIpc) is 2.73. The van der Waals surface area contributed by atoms with Gasteiger partial charge in [0.15, 0.2) is 0 Å². The first-order chi connectivity index (χ1) is 13.3. The van der Waals surface area contributed by atoms with Crippen LogP contribution in [-0.2, 0) is 0 Å². The SMILES string of the molecule is O=c1[nH]c(-c2ccc(-c3cnc4ccccc4c3)cc2)nc2ccccc12. The summed E-state index contributed by atoms with van der Waals surface area (Å²) in [4.78, 5) is 24.3. The van der Waals surface area contributed by atoms with Gasteiger partial charge in [0.2, 0.25) is 0 Å². The van der Waals surface area contributed by atoms with Crippen molar-refractivity contribution in [2.75, 3.05) is 0 Å². The zero-order valence-corrected chi connectivity index (χ0v) is 14.4. The zero-order chi connectivity index (χ0) is 18.2. The number of pyridine rings is 1. The Balaban J connectivity index is 1.55. The van der Waals surface area contributed by atoms with Crippen molar-refractivity contribution in [3.63, 3.8) is 0 Å². The van der Waals surface area contributed by atoms with Crippen LogP contribution in [0.15, 0.2) is 89.9 Å². The highest BCUT2D eigenvalue weighted by atomic mass is 16.1. The maximum Gasteiger partial charge on any atom is 0.259 e. The fraction of sp³-hybridized carbons (Fsp3) is 0. The van der Waals surface area contributed by atoms with Crippen LogP contribution in [0.3, 0.4) is 0 Å². The summed E-state index contributed by atoms with van der Waals surface area (Å²) < 4.78 is 0. The molecule has 0 saturated heterocycles. The minimum atomic E-state index is -0.126. The minimum absolute atomic E-state index is 0.126. The lowest BCUT2D eigenvalue weighted by Gasteiger charge is -2.06. The van der Waals surface area contributed by atoms with Crippen molar-refractivity contribution in [2.24, 2.45) is 0 Å². The van der Waals surface area contributed by atoms with Gasteiger partial charge in [-0.3, -0.25) is 9.78 Å². The molecule has 0 unspecified atom stereocenters. The quantitative estimate of drug-likeness (QED) is 0.498. The second-order valence-electron chi connectivity index (χ2n) is 6.43. The summed E-state index contributed by atoms with van der Waals surface area (Å²) in [5, 5.41) is 1.71. The van der Waals surface area contributed by atoms with Crippen molar-refractivity contribution in [1.82, 2.24) is 15.0 Å². The second kappa shape index (κ2) is 6.18. The maximum atomic E-state index is 12.3. The van der Waals surface area contributed by atoms with E-state index in [1.54, 1.807) is 6.07 Å². The molecule has 5 aromatic rings. The lowest BCUT2D eigenvalue weighted by atomic mass is 10.0. The molecular weight excluding hydrogens is 334 g/mol. The molecule has 4 heteroatoms. The number of nitrogens with one attached hydrogen (secondary N) is 1. The van der Waals surface area contributed by atoms with Gasteiger partial charge in [0.1, 0.15) is 5.82 Å². The van der Waals surface area contributed by atoms with Crippen molar-refractivity contribution >= 4 is 21.8 Å². The summed E-state index contributed by atoms with van der Waals surface area (Å²) in [5.74, 6) is 0.571. The van der Waals surface area contributed by atoms with E-state index in [0.717, 1.165) is 27.6 Å². The molecule has 5 rings (SSSR count). The Morgan fingerprint density at radius 1 is 0.704 bits per heavy atom. The number of H-pyrrole nitrogens is 1. The Morgan fingerprint density at radius 3 is 2.26 bits per heavy atom. The van der Waals surface area contributed by atoms with E-state index in [2.05, 4.69) is 27.1 Å². The Morgan fingerprint density at radius 2 is 1.41 bits per heavy atom. The largest absolute Gasteiger partial charge is 0.306 e. The number of fused-ring (bicyclic) bond motifs is 2. The summed E-state index contributed by atoms with van der Waals surface area (Å²) in [5.41, 5.74) is 4.55. The number of aromatic nitrogens is 3. The molecule has 128 valence electrons. The summed E-state index contributed by atoms with van der Waals surface area (Å²) in [6.45, 7) is 0. The van der Waals surface area contributed by atoms with Gasteiger partial charge >= 0.3 is 0 Å². The van der Waals surface area contributed by atoms with Gasteiger partial charge in [-0.1, -0.05) is 54.6 Å². The lowest BCUT2D eigenvalue weighted by molar-refractivity contribution is 1.18. The summed E-state index contributed by atoms with van der Waals surface area (Å²) in [6, 6.07) is 25.5. The van der Waals surface area contributed by atoms with Crippen molar-refractivity contribution in [2.45, 2.75) is 0 Å². The van der Waals surface area contributed by atoms with Crippen LogP contribution in [0.2, 0.25) is 0 Å². The standard InChI is InChI=1S/C23H15N3O/c27-23-19-6-2-4-8-21(19)25-22(26-23)16-11-9-15(10-12-16)18-13-17-5-1-3-7-20(17)24-14-18/h1-14H,(H,25,26,27). The first kappa shape index (κ1) is 15.5. The maximum absolute atomic E-state index is 12.3. The van der Waals surface area contributed by atoms with Gasteiger partial charge in [0.25, 0.3) is 5.56 Å². The third-order valence-corrected chi connectivity index (χ3v) is 4.70. The number of para-hydroxylation sites is 2. The fourth-order valence-electron chi connectivity index (χ4n) is 3.27. The molecule has 2 aromatic heterocycles. The molecule has 4 nitrogen and oxygen atoms in total. The van der Waals surface area contributed by atoms with Crippen LogP contribution >= 0.6 is 0 Å². The Hall–Kier alpha value is -3.79. The molecule has 0 fully saturated rings. The molecule has 0 atom stereocenters. The Kier molecular flexibility index (Phi) is 3.54. The summed E-state index contributed by atoms with van der Waals surface area (Å²) in [7, 11) is 0. The van der Waals surface area contributed by atoms with Crippen molar-refractivity contribution in [1.29, 1.82) is 0 Å². The van der Waals surface area contributed by atoms with Gasteiger partial charge in [0, 0.05) is 22.7 Å². The van der Waals surface area contributed by atoms with Crippen molar-refractivity contribution in [3.05, 3.63) is 95.4 Å². The number of rotatable bonds is 2. The van der Waals surface area contributed by atoms with E-state index < -0.39 is 0 Å². The Bertz CT molecular complexity index is 1340. The van der Waals surface area contributed by atoms with Crippen LogP contribution < -0.4 is 5.56 Å². The average molecular weight is 349 g/mol. The van der Waals surface area contributed by atoms with E-state index in [9.17, 15) is 4.79 Å². The van der Waals surface area contributed by atoms with Crippen LogP contribution in [0.1, 0.15) is 0 Å². The molecular formula is C23H15N3O. The molecule has 0 saturated carbocycles. The minimum Gasteiger partial charge on any atom is -0.306 e. The van der Waals surface area contributed by atoms with Gasteiger partial charge in [0.05, 0.1) is 16.4 Å². The number of aromatic amines is 1. The van der Waals surface area contributed by atoms with Crippen LogP contribution in [0.5, 0.6) is 0 Å². The van der Waals surface area contributed by atoms with Gasteiger partial charge in [-0.2, -0.15) is 0 Å². The fourth-order valence-corrected chi connectivity index (χ4v) is 3.27. The summed E-state index contributed by atoms with van der Waals surface area (Å²) >= 11 is 0. The van der Waals surface area contributed by atoms with Crippen molar-refractivity contribution < 1.29 is 0 Å². The lowest BCUT2D eigenvalue weighted by Crippen LogP contribution is -2.09. The van der Waals surface area contributed by atoms with E-state index in [1.165, 1.54) is 0 Å². The molecule has 0 aliphatic carbocycles. The molecule has 0 aliphatic heterocycles. The van der Waals surface area contributed by atoms with Gasteiger partial charge in [-0.05, 0) is 29.8 Å². The normalized spacial score (nSPS) is 11.1. The number of hydrogen-bond donors (Lipinski definition) is 1. The molecule has 27 heavy (non-hydrogen) atoms. The van der Waals surface area contributed by atoms with Crippen LogP contribution in [0.25, 0.3) is 44.3 Å². The monoisotopic (exact) mass is 349 g/mol. The highest BCUT2D eigenvalue weighted by Gasteiger charge is 2.07. The van der Waals surface area contributed by atoms with Gasteiger partial charge in [-0.25, -0.2) is 4.98 Å². The van der Waals surface area contributed by atoms with E-state index in [0.29, 0.717) is 16.7 Å². The van der Waals surface area contributed by atoms with Crippen LogP contribution in [-0.4, -0.2) is 15.0 Å². The van der Waals surface area contributed by atoms with E-state index in [4.69, 9.17) is 0 Å². The first-order valence-corrected chi connectivity index (χ1v) is 8.73. The third kappa shape index (κ3) is 2.77. The summed E-state index contributed by atoms with van der Waals surface area (Å²) in [6.07, 6.45) is 1.88. The number of hydrogen-bond acceptors (Lipinski definition) is 3. The molecule has 0 spiro atoms. The van der Waals surface area contributed by atoms with Crippen LogP contribution in [0.4, 0.5) is 0 Å². The third-order valence-electron chi connectivity index (χ3n) is 4.70. The van der Waals surface area contributed by atoms with E-state index in [-0.39, 0.29) is 5.56 Å². The van der Waals surface area contributed by atoms with Gasteiger partial charge < -0.3 is 4.98 Å². The molecule has 2 heterocycles. The Labute approximate surface area is 155 Å². The first-order valence-electron chi connectivity index (χ1n) is 8.73. The van der Waals surface area contributed by atoms with Crippen molar-refractivity contribution in [3.8, 4) is 22.5 Å². The van der Waals surface area contributed by atoms with E-state index >= 15 is 0 Å². The molecule has 0 aliphatic rings. The molecule has 0 amide bonds. The topological polar surface area (TPSA) is 58.6 Å². The highest BCUT2D eigenvalue weighted by Crippen LogP contribution is 2.25. The highest BCUT2D eigenvalue weighted by molar-refractivity contribution is 5.84. The van der Waals surface area contributed by atoms with E-state index in [1.807, 2.05) is 66.9 Å². The van der Waals surface area contributed by atoms with Gasteiger partial charge in [-0.15, -0.1) is 0 Å². The predicted molar refractivity (Wildman–Crippen MR) is 109 cm³/mol. The molecule has 0 bridgehead atoms.